The van der Waals surface area contributed by atoms with Crippen LogP contribution in [0.1, 0.15) is 34.3 Å². The van der Waals surface area contributed by atoms with Crippen molar-refractivity contribution in [2.24, 2.45) is 0 Å². The molecule has 1 aliphatic rings. The van der Waals surface area contributed by atoms with Crippen molar-refractivity contribution in [3.8, 4) is 11.5 Å². The van der Waals surface area contributed by atoms with Crippen LogP contribution < -0.4 is 14.8 Å². The molecule has 3 rings (SSSR count). The van der Waals surface area contributed by atoms with E-state index in [1.807, 2.05) is 31.2 Å². The molecule has 5 heteroatoms. The van der Waals surface area contributed by atoms with Crippen molar-refractivity contribution in [1.29, 1.82) is 0 Å². The van der Waals surface area contributed by atoms with Gasteiger partial charge in [-0.2, -0.15) is 0 Å². The van der Waals surface area contributed by atoms with Crippen LogP contribution in [0.25, 0.3) is 0 Å². The fraction of sp³-hybridized carbons (Fsp3) is 0.409. The molecule has 1 heterocycles. The van der Waals surface area contributed by atoms with E-state index >= 15 is 0 Å². The lowest BCUT2D eigenvalue weighted by Crippen LogP contribution is -2.25. The van der Waals surface area contributed by atoms with E-state index in [1.165, 1.54) is 5.56 Å². The van der Waals surface area contributed by atoms with Gasteiger partial charge in [-0.1, -0.05) is 17.7 Å². The molecule has 1 N–H and O–H groups in total. The van der Waals surface area contributed by atoms with Gasteiger partial charge in [0.25, 0.3) is 5.91 Å². The maximum Gasteiger partial charge on any atom is 0.251 e. The number of benzene rings is 2. The number of hydrogen-bond acceptors (Lipinski definition) is 4. The lowest BCUT2D eigenvalue weighted by atomic mass is 10.1. The van der Waals surface area contributed by atoms with Crippen molar-refractivity contribution in [1.82, 2.24) is 5.32 Å². The van der Waals surface area contributed by atoms with Gasteiger partial charge in [0, 0.05) is 18.7 Å². The number of hydrogen-bond donors (Lipinski definition) is 1. The van der Waals surface area contributed by atoms with Crippen LogP contribution in [0, 0.1) is 6.92 Å². The highest BCUT2D eigenvalue weighted by molar-refractivity contribution is 5.94. The predicted molar refractivity (Wildman–Crippen MR) is 105 cm³/mol. The largest absolute Gasteiger partial charge is 0.496 e. The van der Waals surface area contributed by atoms with Crippen LogP contribution in [0.2, 0.25) is 0 Å². The first kappa shape index (κ1) is 19.2. The van der Waals surface area contributed by atoms with E-state index in [1.54, 1.807) is 19.2 Å². The Kier molecular flexibility index (Phi) is 6.71. The van der Waals surface area contributed by atoms with Crippen LogP contribution >= 0.6 is 0 Å². The molecule has 0 saturated carbocycles. The topological polar surface area (TPSA) is 56.8 Å². The van der Waals surface area contributed by atoms with E-state index in [0.717, 1.165) is 42.9 Å². The van der Waals surface area contributed by atoms with Crippen LogP contribution in [0.15, 0.2) is 42.5 Å². The summed E-state index contributed by atoms with van der Waals surface area (Å²) in [4.78, 5) is 12.3. The number of ether oxygens (including phenoxy) is 3. The number of methoxy groups -OCH3 is 1. The molecular weight excluding hydrogens is 342 g/mol. The highest BCUT2D eigenvalue weighted by Crippen LogP contribution is 2.20. The Morgan fingerprint density at radius 3 is 2.74 bits per heavy atom. The minimum atomic E-state index is -0.0905. The van der Waals surface area contributed by atoms with E-state index in [-0.39, 0.29) is 12.0 Å². The second kappa shape index (κ2) is 9.42. The second-order valence-electron chi connectivity index (χ2n) is 6.79. The summed E-state index contributed by atoms with van der Waals surface area (Å²) in [5.74, 6) is 1.52. The standard InChI is InChI=1S/C22H27NO4/c1-16-5-10-21(25-2)18(14-16)11-12-23-22(24)17-6-8-19(9-7-17)27-15-20-4-3-13-26-20/h5-10,14,20H,3-4,11-13,15H2,1-2H3,(H,23,24). The summed E-state index contributed by atoms with van der Waals surface area (Å²) in [7, 11) is 1.66. The highest BCUT2D eigenvalue weighted by Gasteiger charge is 2.16. The minimum absolute atomic E-state index is 0.0905. The molecule has 27 heavy (non-hydrogen) atoms. The summed E-state index contributed by atoms with van der Waals surface area (Å²) >= 11 is 0. The molecule has 144 valence electrons. The van der Waals surface area contributed by atoms with E-state index < -0.39 is 0 Å². The second-order valence-corrected chi connectivity index (χ2v) is 6.79. The van der Waals surface area contributed by atoms with Gasteiger partial charge in [-0.3, -0.25) is 4.79 Å². The van der Waals surface area contributed by atoms with Crippen molar-refractivity contribution >= 4 is 5.91 Å². The van der Waals surface area contributed by atoms with Gasteiger partial charge >= 0.3 is 0 Å². The van der Waals surface area contributed by atoms with Crippen molar-refractivity contribution in [3.63, 3.8) is 0 Å². The Balaban J connectivity index is 1.47. The quantitative estimate of drug-likeness (QED) is 0.773. The van der Waals surface area contributed by atoms with Crippen LogP contribution in [0.3, 0.4) is 0 Å². The molecule has 2 aromatic carbocycles. The molecule has 1 saturated heterocycles. The molecule has 0 radical (unpaired) electrons. The Labute approximate surface area is 160 Å². The fourth-order valence-electron chi connectivity index (χ4n) is 3.18. The van der Waals surface area contributed by atoms with Crippen molar-refractivity contribution < 1.29 is 19.0 Å². The van der Waals surface area contributed by atoms with Gasteiger partial charge in [-0.15, -0.1) is 0 Å². The van der Waals surface area contributed by atoms with Crippen molar-refractivity contribution in [3.05, 3.63) is 59.2 Å². The lowest BCUT2D eigenvalue weighted by Gasteiger charge is -2.12. The summed E-state index contributed by atoms with van der Waals surface area (Å²) in [6.07, 6.45) is 3.05. The first-order chi connectivity index (χ1) is 13.2. The van der Waals surface area contributed by atoms with E-state index in [4.69, 9.17) is 14.2 Å². The Morgan fingerprint density at radius 2 is 2.04 bits per heavy atom. The van der Waals surface area contributed by atoms with Crippen molar-refractivity contribution in [2.45, 2.75) is 32.3 Å². The summed E-state index contributed by atoms with van der Waals surface area (Å²) in [5, 5.41) is 2.96. The first-order valence-corrected chi connectivity index (χ1v) is 9.42. The van der Waals surface area contributed by atoms with Crippen LogP contribution in [-0.2, 0) is 11.2 Å². The maximum atomic E-state index is 12.3. The number of aryl methyl sites for hydroxylation is 1. The maximum absolute atomic E-state index is 12.3. The summed E-state index contributed by atoms with van der Waals surface area (Å²) in [5.41, 5.74) is 2.89. The van der Waals surface area contributed by atoms with Gasteiger partial charge < -0.3 is 19.5 Å². The normalized spacial score (nSPS) is 16.1. The highest BCUT2D eigenvalue weighted by atomic mass is 16.5. The number of amides is 1. The Hall–Kier alpha value is -2.53. The van der Waals surface area contributed by atoms with Gasteiger partial charge in [0.1, 0.15) is 18.1 Å². The zero-order chi connectivity index (χ0) is 19.1. The zero-order valence-corrected chi connectivity index (χ0v) is 16.0. The number of nitrogens with one attached hydrogen (secondary N) is 1. The Bertz CT molecular complexity index is 751. The van der Waals surface area contributed by atoms with Gasteiger partial charge in [0.15, 0.2) is 0 Å². The molecule has 0 aromatic heterocycles. The predicted octanol–water partition coefficient (Wildman–Crippen LogP) is 3.53. The van der Waals surface area contributed by atoms with Crippen LogP contribution in [0.5, 0.6) is 11.5 Å². The van der Waals surface area contributed by atoms with Crippen LogP contribution in [-0.4, -0.2) is 38.9 Å². The Morgan fingerprint density at radius 1 is 1.22 bits per heavy atom. The molecule has 0 bridgehead atoms. The average Bonchev–Trinajstić information content (AvgIpc) is 3.20. The monoisotopic (exact) mass is 369 g/mol. The molecule has 0 aliphatic carbocycles. The van der Waals surface area contributed by atoms with Crippen LogP contribution in [0.4, 0.5) is 0 Å². The van der Waals surface area contributed by atoms with Gasteiger partial charge in [-0.25, -0.2) is 0 Å². The third-order valence-electron chi connectivity index (χ3n) is 4.69. The SMILES string of the molecule is COc1ccc(C)cc1CCNC(=O)c1ccc(OCC2CCCO2)cc1. The third kappa shape index (κ3) is 5.47. The zero-order valence-electron chi connectivity index (χ0n) is 16.0. The lowest BCUT2D eigenvalue weighted by molar-refractivity contribution is 0.0679. The number of carbonyl (C=O) groups is 1. The number of rotatable bonds is 8. The van der Waals surface area contributed by atoms with Gasteiger partial charge in [0.2, 0.25) is 0 Å². The summed E-state index contributed by atoms with van der Waals surface area (Å²) in [6, 6.07) is 13.3. The van der Waals surface area contributed by atoms with Crippen molar-refractivity contribution in [2.75, 3.05) is 26.9 Å². The van der Waals surface area contributed by atoms with E-state index in [9.17, 15) is 4.79 Å². The average molecular weight is 369 g/mol. The van der Waals surface area contributed by atoms with E-state index in [2.05, 4.69) is 11.4 Å². The molecule has 2 aromatic rings. The van der Waals surface area contributed by atoms with Gasteiger partial charge in [0.05, 0.1) is 13.2 Å². The molecular formula is C22H27NO4. The molecule has 0 spiro atoms. The fourth-order valence-corrected chi connectivity index (χ4v) is 3.18. The smallest absolute Gasteiger partial charge is 0.251 e. The third-order valence-corrected chi connectivity index (χ3v) is 4.69. The first-order valence-electron chi connectivity index (χ1n) is 9.42. The molecule has 1 atom stereocenters. The summed E-state index contributed by atoms with van der Waals surface area (Å²) in [6.45, 7) is 3.98. The summed E-state index contributed by atoms with van der Waals surface area (Å²) < 4.78 is 16.7. The molecule has 5 nitrogen and oxygen atoms in total. The molecule has 1 aliphatic heterocycles. The number of carbonyl (C=O) groups excluding carboxylic acids is 1. The van der Waals surface area contributed by atoms with E-state index in [0.29, 0.717) is 18.7 Å². The van der Waals surface area contributed by atoms with Gasteiger partial charge in [-0.05, 0) is 62.1 Å². The minimum Gasteiger partial charge on any atom is -0.496 e. The molecule has 1 fully saturated rings. The molecule has 1 unspecified atom stereocenters. The molecule has 1 amide bonds.